The van der Waals surface area contributed by atoms with Gasteiger partial charge in [-0.2, -0.15) is 0 Å². The number of hydrogen-bond acceptors (Lipinski definition) is 5. The van der Waals surface area contributed by atoms with E-state index in [1.54, 1.807) is 6.07 Å². The predicted molar refractivity (Wildman–Crippen MR) is 71.9 cm³/mol. The van der Waals surface area contributed by atoms with Gasteiger partial charge in [-0.25, -0.2) is 4.98 Å². The van der Waals surface area contributed by atoms with Crippen LogP contribution in [0.4, 0.5) is 11.4 Å². The summed E-state index contributed by atoms with van der Waals surface area (Å²) in [7, 11) is 0. The Morgan fingerprint density at radius 3 is 2.83 bits per heavy atom. The number of H-pyrrole nitrogens is 1. The number of nitrogens with one attached hydrogen (secondary N) is 2. The van der Waals surface area contributed by atoms with E-state index in [0.29, 0.717) is 16.6 Å². The molecular formula is C12H15N5O. The van der Waals surface area contributed by atoms with Gasteiger partial charge >= 0.3 is 0 Å². The van der Waals surface area contributed by atoms with Crippen LogP contribution < -0.4 is 21.5 Å². The molecule has 2 aromatic rings. The Morgan fingerprint density at radius 1 is 1.28 bits per heavy atom. The Morgan fingerprint density at radius 2 is 2.06 bits per heavy atom. The molecule has 1 aliphatic heterocycles. The first kappa shape index (κ1) is 11.0. The summed E-state index contributed by atoms with van der Waals surface area (Å²) in [5.74, 6) is 0. The number of anilines is 2. The van der Waals surface area contributed by atoms with E-state index >= 15 is 0 Å². The molecule has 0 amide bonds. The lowest BCUT2D eigenvalue weighted by Crippen LogP contribution is -2.43. The average Bonchev–Trinajstić information content (AvgIpc) is 2.40. The number of benzene rings is 1. The molecule has 4 N–H and O–H groups in total. The van der Waals surface area contributed by atoms with Crippen LogP contribution in [0, 0.1) is 0 Å². The highest BCUT2D eigenvalue weighted by atomic mass is 16.1. The molecule has 6 heteroatoms. The van der Waals surface area contributed by atoms with Gasteiger partial charge in [-0.1, -0.05) is 0 Å². The number of fused-ring (bicyclic) bond motifs is 1. The van der Waals surface area contributed by atoms with Crippen LogP contribution in [0.5, 0.6) is 0 Å². The summed E-state index contributed by atoms with van der Waals surface area (Å²) in [6.45, 7) is 3.72. The van der Waals surface area contributed by atoms with Crippen molar-refractivity contribution in [2.75, 3.05) is 36.8 Å². The molecular weight excluding hydrogens is 230 g/mol. The van der Waals surface area contributed by atoms with Crippen LogP contribution >= 0.6 is 0 Å². The van der Waals surface area contributed by atoms with Crippen molar-refractivity contribution in [3.05, 3.63) is 28.8 Å². The lowest BCUT2D eigenvalue weighted by molar-refractivity contribution is 0.590. The second kappa shape index (κ2) is 4.30. The quantitative estimate of drug-likeness (QED) is 0.611. The maximum Gasteiger partial charge on any atom is 0.258 e. The molecule has 2 heterocycles. The summed E-state index contributed by atoms with van der Waals surface area (Å²) >= 11 is 0. The molecule has 18 heavy (non-hydrogen) atoms. The zero-order valence-corrected chi connectivity index (χ0v) is 9.94. The van der Waals surface area contributed by atoms with E-state index in [4.69, 9.17) is 5.73 Å². The molecule has 0 aliphatic carbocycles. The Bertz CT molecular complexity index is 630. The van der Waals surface area contributed by atoms with Crippen molar-refractivity contribution in [1.29, 1.82) is 0 Å². The van der Waals surface area contributed by atoms with Gasteiger partial charge in [-0.3, -0.25) is 4.79 Å². The standard InChI is InChI=1S/C12H15N5O/c13-9-5-8-10(15-7-16-12(8)18)6-11(9)17-3-1-14-2-4-17/h5-7,14H,1-4,13H2,(H,15,16,18). The molecule has 1 saturated heterocycles. The first-order chi connectivity index (χ1) is 8.75. The van der Waals surface area contributed by atoms with Crippen LogP contribution in [0.15, 0.2) is 23.3 Å². The van der Waals surface area contributed by atoms with E-state index < -0.39 is 0 Å². The van der Waals surface area contributed by atoms with Gasteiger partial charge < -0.3 is 20.9 Å². The monoisotopic (exact) mass is 245 g/mol. The predicted octanol–water partition coefficient (Wildman–Crippen LogP) is -0.0851. The number of piperazine rings is 1. The molecule has 1 aliphatic rings. The second-order valence-corrected chi connectivity index (χ2v) is 4.40. The van der Waals surface area contributed by atoms with Crippen molar-refractivity contribution >= 4 is 22.3 Å². The number of hydrogen-bond donors (Lipinski definition) is 3. The highest BCUT2D eigenvalue weighted by Crippen LogP contribution is 2.26. The minimum absolute atomic E-state index is 0.154. The third-order valence-corrected chi connectivity index (χ3v) is 3.25. The summed E-state index contributed by atoms with van der Waals surface area (Å²) < 4.78 is 0. The molecule has 1 aromatic carbocycles. The Kier molecular flexibility index (Phi) is 2.64. The van der Waals surface area contributed by atoms with E-state index in [1.807, 2.05) is 6.07 Å². The molecule has 0 bridgehead atoms. The number of nitrogens with two attached hydrogens (primary N) is 1. The van der Waals surface area contributed by atoms with Gasteiger partial charge in [0.1, 0.15) is 0 Å². The van der Waals surface area contributed by atoms with Crippen LogP contribution in [0.2, 0.25) is 0 Å². The van der Waals surface area contributed by atoms with Crippen molar-refractivity contribution in [3.63, 3.8) is 0 Å². The fourth-order valence-electron chi connectivity index (χ4n) is 2.30. The maximum absolute atomic E-state index is 11.6. The van der Waals surface area contributed by atoms with E-state index in [0.717, 1.165) is 31.9 Å². The zero-order chi connectivity index (χ0) is 12.5. The van der Waals surface area contributed by atoms with Gasteiger partial charge in [0, 0.05) is 26.2 Å². The van der Waals surface area contributed by atoms with Gasteiger partial charge in [0.2, 0.25) is 0 Å². The highest BCUT2D eigenvalue weighted by Gasteiger charge is 2.14. The van der Waals surface area contributed by atoms with Crippen LogP contribution in [-0.2, 0) is 0 Å². The molecule has 3 rings (SSSR count). The van der Waals surface area contributed by atoms with E-state index in [9.17, 15) is 4.79 Å². The topological polar surface area (TPSA) is 87.0 Å². The third-order valence-electron chi connectivity index (χ3n) is 3.25. The van der Waals surface area contributed by atoms with Crippen molar-refractivity contribution in [2.24, 2.45) is 0 Å². The van der Waals surface area contributed by atoms with Crippen molar-refractivity contribution in [2.45, 2.75) is 0 Å². The molecule has 0 spiro atoms. The van der Waals surface area contributed by atoms with Crippen molar-refractivity contribution in [1.82, 2.24) is 15.3 Å². The Labute approximate surface area is 104 Å². The smallest absolute Gasteiger partial charge is 0.258 e. The molecule has 94 valence electrons. The largest absolute Gasteiger partial charge is 0.397 e. The van der Waals surface area contributed by atoms with Crippen molar-refractivity contribution in [3.8, 4) is 0 Å². The minimum atomic E-state index is -0.154. The summed E-state index contributed by atoms with van der Waals surface area (Å²) in [4.78, 5) is 20.6. The number of nitrogens with zero attached hydrogens (tertiary/aromatic N) is 2. The number of rotatable bonds is 1. The van der Waals surface area contributed by atoms with E-state index in [-0.39, 0.29) is 5.56 Å². The normalized spacial score (nSPS) is 16.1. The van der Waals surface area contributed by atoms with Gasteiger partial charge in [0.05, 0.1) is 28.6 Å². The maximum atomic E-state index is 11.6. The molecule has 1 fully saturated rings. The zero-order valence-electron chi connectivity index (χ0n) is 9.94. The third kappa shape index (κ3) is 1.80. The Balaban J connectivity index is 2.12. The fourth-order valence-corrected chi connectivity index (χ4v) is 2.30. The van der Waals surface area contributed by atoms with Gasteiger partial charge in [0.25, 0.3) is 5.56 Å². The summed E-state index contributed by atoms with van der Waals surface area (Å²) in [6.07, 6.45) is 1.42. The molecule has 6 nitrogen and oxygen atoms in total. The van der Waals surface area contributed by atoms with Gasteiger partial charge in [-0.05, 0) is 12.1 Å². The number of aromatic nitrogens is 2. The number of nitrogen functional groups attached to an aromatic ring is 1. The number of aromatic amines is 1. The van der Waals surface area contributed by atoms with Gasteiger partial charge in [0.15, 0.2) is 0 Å². The molecule has 0 atom stereocenters. The first-order valence-corrected chi connectivity index (χ1v) is 5.98. The lowest BCUT2D eigenvalue weighted by atomic mass is 10.1. The second-order valence-electron chi connectivity index (χ2n) is 4.40. The Hall–Kier alpha value is -2.08. The molecule has 1 aromatic heterocycles. The highest BCUT2D eigenvalue weighted by molar-refractivity contribution is 5.88. The average molecular weight is 245 g/mol. The van der Waals surface area contributed by atoms with Crippen LogP contribution in [0.1, 0.15) is 0 Å². The van der Waals surface area contributed by atoms with Crippen LogP contribution in [-0.4, -0.2) is 36.1 Å². The molecule has 0 unspecified atom stereocenters. The first-order valence-electron chi connectivity index (χ1n) is 5.98. The SMILES string of the molecule is Nc1cc2c(=O)[nH]cnc2cc1N1CCNCC1. The summed E-state index contributed by atoms with van der Waals surface area (Å²) in [6, 6.07) is 3.60. The molecule has 0 radical (unpaired) electrons. The van der Waals surface area contributed by atoms with Crippen LogP contribution in [0.3, 0.4) is 0 Å². The molecule has 0 saturated carbocycles. The van der Waals surface area contributed by atoms with E-state index in [2.05, 4.69) is 20.2 Å². The lowest BCUT2D eigenvalue weighted by Gasteiger charge is -2.30. The van der Waals surface area contributed by atoms with Gasteiger partial charge in [-0.15, -0.1) is 0 Å². The summed E-state index contributed by atoms with van der Waals surface area (Å²) in [5, 5.41) is 3.83. The summed E-state index contributed by atoms with van der Waals surface area (Å²) in [5.41, 5.74) is 8.16. The fraction of sp³-hybridized carbons (Fsp3) is 0.333. The van der Waals surface area contributed by atoms with E-state index in [1.165, 1.54) is 6.33 Å². The van der Waals surface area contributed by atoms with Crippen LogP contribution in [0.25, 0.3) is 10.9 Å². The minimum Gasteiger partial charge on any atom is -0.397 e. The van der Waals surface area contributed by atoms with Crippen molar-refractivity contribution < 1.29 is 0 Å².